The molecule has 0 N–H and O–H groups in total. The van der Waals surface area contributed by atoms with Crippen LogP contribution in [0.3, 0.4) is 0 Å². The van der Waals surface area contributed by atoms with Crippen molar-refractivity contribution < 1.29 is 35.9 Å². The maximum atomic E-state index is 10.2. The van der Waals surface area contributed by atoms with Gasteiger partial charge in [-0.25, -0.2) is 5.10 Å². The average molecular weight is 398 g/mol. The van der Waals surface area contributed by atoms with Crippen molar-refractivity contribution in [1.82, 2.24) is 14.6 Å². The standard InChI is InChI=1S/C8H6N3O.U/c1-6-4-11-8(3-9-6)2-7(5-12)10-11;/h2-4H,1H3;/q-1;. The number of hydrogen-bond donors (Lipinski definition) is 0. The summed E-state index contributed by atoms with van der Waals surface area (Å²) in [6, 6.07) is 1.64. The summed E-state index contributed by atoms with van der Waals surface area (Å²) >= 11 is 0. The summed E-state index contributed by atoms with van der Waals surface area (Å²) in [5.41, 5.74) is 1.98. The molecule has 2 heterocycles. The second kappa shape index (κ2) is 4.03. The van der Waals surface area contributed by atoms with E-state index in [-0.39, 0.29) is 31.1 Å². The van der Waals surface area contributed by atoms with Crippen molar-refractivity contribution in [2.24, 2.45) is 0 Å². The maximum absolute atomic E-state index is 10.2. The van der Waals surface area contributed by atoms with Gasteiger partial charge in [-0.15, -0.1) is 0 Å². The predicted octanol–water partition coefficient (Wildman–Crippen LogP) is 0.496. The van der Waals surface area contributed by atoms with Gasteiger partial charge in [-0.1, -0.05) is 0 Å². The Labute approximate surface area is 98.7 Å². The van der Waals surface area contributed by atoms with E-state index >= 15 is 0 Å². The zero-order valence-electron chi connectivity index (χ0n) is 6.98. The molecule has 2 aromatic rings. The number of carbonyl (C=O) groups excluding carboxylic acids is 1. The van der Waals surface area contributed by atoms with Gasteiger partial charge in [0.1, 0.15) is 0 Å². The van der Waals surface area contributed by atoms with Crippen molar-refractivity contribution in [2.45, 2.75) is 6.92 Å². The smallest absolute Gasteiger partial charge is 0.0555 e. The van der Waals surface area contributed by atoms with Crippen molar-refractivity contribution >= 4 is 11.8 Å². The molecule has 0 atom stereocenters. The summed E-state index contributed by atoms with van der Waals surface area (Å²) in [6.45, 7) is 1.87. The van der Waals surface area contributed by atoms with E-state index in [1.54, 1.807) is 29.3 Å². The Morgan fingerprint density at radius 3 is 3.00 bits per heavy atom. The topological polar surface area (TPSA) is 47.3 Å². The van der Waals surface area contributed by atoms with Gasteiger partial charge < -0.3 is 4.79 Å². The Bertz CT molecular complexity index is 438. The molecule has 0 aliphatic heterocycles. The van der Waals surface area contributed by atoms with Gasteiger partial charge >= 0.3 is 0 Å². The Hall–Kier alpha value is -0.658. The van der Waals surface area contributed by atoms with Crippen LogP contribution in [0.1, 0.15) is 11.4 Å². The minimum Gasteiger partial charge on any atom is -0.417 e. The Kier molecular flexibility index (Phi) is 3.23. The van der Waals surface area contributed by atoms with E-state index in [0.717, 1.165) is 11.2 Å². The summed E-state index contributed by atoms with van der Waals surface area (Å²) < 4.78 is 1.61. The summed E-state index contributed by atoms with van der Waals surface area (Å²) in [5, 5.41) is 3.95. The minimum atomic E-state index is 0. The molecule has 4 nitrogen and oxygen atoms in total. The van der Waals surface area contributed by atoms with Crippen LogP contribution < -0.4 is 0 Å². The van der Waals surface area contributed by atoms with Crippen molar-refractivity contribution in [2.75, 3.05) is 0 Å². The molecule has 0 amide bonds. The van der Waals surface area contributed by atoms with Gasteiger partial charge in [-0.3, -0.25) is 9.50 Å². The fraction of sp³-hybridized carbons (Fsp3) is 0.125. The monoisotopic (exact) mass is 398 g/mol. The molecule has 0 saturated carbocycles. The molecule has 0 unspecified atom stereocenters. The van der Waals surface area contributed by atoms with E-state index in [1.807, 2.05) is 6.92 Å². The van der Waals surface area contributed by atoms with E-state index in [9.17, 15) is 4.79 Å². The van der Waals surface area contributed by atoms with E-state index in [2.05, 4.69) is 10.1 Å². The fourth-order valence-corrected chi connectivity index (χ4v) is 1.04. The van der Waals surface area contributed by atoms with E-state index in [4.69, 9.17) is 0 Å². The van der Waals surface area contributed by atoms with Crippen molar-refractivity contribution in [1.29, 1.82) is 0 Å². The number of fused-ring (bicyclic) bond motifs is 1. The van der Waals surface area contributed by atoms with E-state index < -0.39 is 0 Å². The van der Waals surface area contributed by atoms with E-state index in [0.29, 0.717) is 5.69 Å². The Morgan fingerprint density at radius 1 is 1.54 bits per heavy atom. The van der Waals surface area contributed by atoms with Crippen LogP contribution in [0.5, 0.6) is 0 Å². The number of aromatic nitrogens is 3. The largest absolute Gasteiger partial charge is 0.417 e. The Morgan fingerprint density at radius 2 is 2.31 bits per heavy atom. The van der Waals surface area contributed by atoms with Crippen molar-refractivity contribution in [3.8, 4) is 0 Å². The molecule has 5 heteroatoms. The van der Waals surface area contributed by atoms with Gasteiger partial charge in [-0.2, -0.15) is 6.07 Å². The number of rotatable bonds is 1. The van der Waals surface area contributed by atoms with E-state index in [1.165, 1.54) is 0 Å². The molecule has 0 bridgehead atoms. The summed E-state index contributed by atoms with van der Waals surface area (Å²) in [4.78, 5) is 14.3. The average Bonchev–Trinajstić information content (AvgIpc) is 2.46. The first-order chi connectivity index (χ1) is 5.79. The number of aryl methyl sites for hydroxylation is 1. The van der Waals surface area contributed by atoms with Gasteiger partial charge in [-0.05, 0) is 12.6 Å². The predicted molar refractivity (Wildman–Crippen MR) is 42.5 cm³/mol. The molecule has 0 aromatic carbocycles. The van der Waals surface area contributed by atoms with Gasteiger partial charge in [0.25, 0.3) is 0 Å². The first-order valence-electron chi connectivity index (χ1n) is 3.50. The molecular formula is C8H6N3OU-. The maximum Gasteiger partial charge on any atom is 0.0555 e. The number of hydrogen-bond acceptors (Lipinski definition) is 3. The molecule has 64 valence electrons. The third-order valence-corrected chi connectivity index (χ3v) is 1.58. The van der Waals surface area contributed by atoms with Gasteiger partial charge in [0.15, 0.2) is 0 Å². The molecule has 0 saturated heterocycles. The van der Waals surface area contributed by atoms with Crippen molar-refractivity contribution in [3.05, 3.63) is 29.8 Å². The van der Waals surface area contributed by atoms with Gasteiger partial charge in [0.2, 0.25) is 0 Å². The quantitative estimate of drug-likeness (QED) is 0.658. The van der Waals surface area contributed by atoms with Crippen LogP contribution in [0.15, 0.2) is 18.5 Å². The Balaban J connectivity index is 0.000000845. The SMILES string of the molecule is Cc1cn2nc([C-]=O)cc2cn1.[U]. The van der Waals surface area contributed by atoms with Gasteiger partial charge in [0.05, 0.1) is 5.69 Å². The van der Waals surface area contributed by atoms with Gasteiger partial charge in [0, 0.05) is 55.3 Å². The van der Waals surface area contributed by atoms with Crippen LogP contribution in [0.4, 0.5) is 0 Å². The second-order valence-corrected chi connectivity index (χ2v) is 2.53. The number of nitrogens with zero attached hydrogens (tertiary/aromatic N) is 3. The third-order valence-electron chi connectivity index (χ3n) is 1.58. The minimum absolute atomic E-state index is 0. The molecular weight excluding hydrogens is 392 g/mol. The first-order valence-corrected chi connectivity index (χ1v) is 3.50. The first kappa shape index (κ1) is 10.4. The van der Waals surface area contributed by atoms with Crippen molar-refractivity contribution in [3.63, 3.8) is 0 Å². The normalized spacial score (nSPS) is 9.62. The second-order valence-electron chi connectivity index (χ2n) is 2.53. The third kappa shape index (κ3) is 1.98. The van der Waals surface area contributed by atoms with Crippen LogP contribution in [-0.4, -0.2) is 20.9 Å². The van der Waals surface area contributed by atoms with Crippen LogP contribution in [0, 0.1) is 38.0 Å². The molecule has 13 heavy (non-hydrogen) atoms. The summed E-state index contributed by atoms with van der Waals surface area (Å²) in [6.07, 6.45) is 5.16. The zero-order chi connectivity index (χ0) is 8.55. The fourth-order valence-electron chi connectivity index (χ4n) is 1.04. The van der Waals surface area contributed by atoms with Crippen LogP contribution >= 0.6 is 0 Å². The zero-order valence-corrected chi connectivity index (χ0v) is 11.1. The molecule has 0 aliphatic rings. The van der Waals surface area contributed by atoms with Crippen LogP contribution in [-0.2, 0) is 4.79 Å². The van der Waals surface area contributed by atoms with Crippen LogP contribution in [0.2, 0.25) is 0 Å². The molecule has 0 radical (unpaired) electrons. The molecule has 0 spiro atoms. The summed E-state index contributed by atoms with van der Waals surface area (Å²) in [5.74, 6) is 0. The molecule has 2 rings (SSSR count). The molecule has 0 aliphatic carbocycles. The molecule has 2 aromatic heterocycles. The van der Waals surface area contributed by atoms with Crippen LogP contribution in [0.25, 0.3) is 5.52 Å². The molecule has 0 fully saturated rings. The summed E-state index contributed by atoms with van der Waals surface area (Å²) in [7, 11) is 0.